The summed E-state index contributed by atoms with van der Waals surface area (Å²) < 4.78 is 4.86. The molecule has 1 unspecified atom stereocenters. The Morgan fingerprint density at radius 2 is 2.25 bits per heavy atom. The Labute approximate surface area is 93.5 Å². The predicted octanol–water partition coefficient (Wildman–Crippen LogP) is 1.38. The van der Waals surface area contributed by atoms with Crippen molar-refractivity contribution in [2.75, 3.05) is 11.9 Å². The Bertz CT molecular complexity index is 440. The van der Waals surface area contributed by atoms with Crippen LogP contribution >= 0.6 is 0 Å². The Morgan fingerprint density at radius 3 is 3.00 bits per heavy atom. The number of anilines is 1. The topological polar surface area (TPSA) is 58.6 Å². The standard InChI is InChI=1S/C12H13NO3/c1-2-16-12(15)9-7-8-5-3-4-6-10(8)13-11(9)14/h3-7,11,13-14H,2H2,1H3. The molecule has 1 aliphatic heterocycles. The number of carbonyl (C=O) groups is 1. The zero-order chi connectivity index (χ0) is 11.5. The SMILES string of the molecule is CCOC(=O)C1=Cc2ccccc2NC1O. The molecule has 0 radical (unpaired) electrons. The third kappa shape index (κ3) is 1.92. The van der Waals surface area contributed by atoms with E-state index in [1.54, 1.807) is 13.0 Å². The first-order valence-corrected chi connectivity index (χ1v) is 5.14. The first-order valence-electron chi connectivity index (χ1n) is 5.14. The van der Waals surface area contributed by atoms with Crippen LogP contribution in [0.15, 0.2) is 29.8 Å². The zero-order valence-corrected chi connectivity index (χ0v) is 8.93. The van der Waals surface area contributed by atoms with Crippen molar-refractivity contribution >= 4 is 17.7 Å². The van der Waals surface area contributed by atoms with Gasteiger partial charge < -0.3 is 15.2 Å². The molecule has 1 aromatic carbocycles. The molecule has 1 heterocycles. The van der Waals surface area contributed by atoms with Gasteiger partial charge in [-0.2, -0.15) is 0 Å². The van der Waals surface area contributed by atoms with Gasteiger partial charge in [0.1, 0.15) is 0 Å². The fourth-order valence-corrected chi connectivity index (χ4v) is 1.61. The van der Waals surface area contributed by atoms with Crippen LogP contribution in [0, 0.1) is 0 Å². The maximum Gasteiger partial charge on any atom is 0.338 e. The van der Waals surface area contributed by atoms with E-state index >= 15 is 0 Å². The van der Waals surface area contributed by atoms with Gasteiger partial charge in [0.2, 0.25) is 0 Å². The second-order valence-electron chi connectivity index (χ2n) is 3.45. The van der Waals surface area contributed by atoms with E-state index in [0.717, 1.165) is 11.3 Å². The van der Waals surface area contributed by atoms with Gasteiger partial charge >= 0.3 is 5.97 Å². The zero-order valence-electron chi connectivity index (χ0n) is 8.93. The molecular formula is C12H13NO3. The van der Waals surface area contributed by atoms with Crippen molar-refractivity contribution in [1.82, 2.24) is 0 Å². The molecule has 2 rings (SSSR count). The molecule has 0 spiro atoms. The summed E-state index contributed by atoms with van der Waals surface area (Å²) in [4.78, 5) is 11.5. The summed E-state index contributed by atoms with van der Waals surface area (Å²) in [6.45, 7) is 2.03. The van der Waals surface area contributed by atoms with Crippen LogP contribution in [0.25, 0.3) is 6.08 Å². The Balaban J connectivity index is 2.33. The van der Waals surface area contributed by atoms with Crippen LogP contribution in [0.5, 0.6) is 0 Å². The number of rotatable bonds is 2. The summed E-state index contributed by atoms with van der Waals surface area (Å²) in [6, 6.07) is 7.45. The first-order chi connectivity index (χ1) is 7.72. The van der Waals surface area contributed by atoms with Gasteiger partial charge in [-0.05, 0) is 24.6 Å². The number of hydrogen-bond donors (Lipinski definition) is 2. The third-order valence-electron chi connectivity index (χ3n) is 2.37. The number of esters is 1. The number of fused-ring (bicyclic) bond motifs is 1. The molecule has 2 N–H and O–H groups in total. The number of ether oxygens (including phenoxy) is 1. The normalized spacial score (nSPS) is 18.1. The Morgan fingerprint density at radius 1 is 1.50 bits per heavy atom. The summed E-state index contributed by atoms with van der Waals surface area (Å²) in [6.07, 6.45) is 0.642. The molecule has 0 fully saturated rings. The number of benzene rings is 1. The lowest BCUT2D eigenvalue weighted by atomic mass is 10.0. The van der Waals surface area contributed by atoms with E-state index in [4.69, 9.17) is 4.74 Å². The molecule has 1 atom stereocenters. The third-order valence-corrected chi connectivity index (χ3v) is 2.37. The number of nitrogens with one attached hydrogen (secondary N) is 1. The van der Waals surface area contributed by atoms with Gasteiger partial charge in [0.05, 0.1) is 12.2 Å². The fraction of sp³-hybridized carbons (Fsp3) is 0.250. The highest BCUT2D eigenvalue weighted by atomic mass is 16.5. The van der Waals surface area contributed by atoms with Gasteiger partial charge in [0, 0.05) is 5.69 Å². The predicted molar refractivity (Wildman–Crippen MR) is 60.7 cm³/mol. The smallest absolute Gasteiger partial charge is 0.338 e. The van der Waals surface area contributed by atoms with E-state index in [1.165, 1.54) is 0 Å². The van der Waals surface area contributed by atoms with E-state index in [-0.39, 0.29) is 5.57 Å². The highest BCUT2D eigenvalue weighted by Gasteiger charge is 2.24. The van der Waals surface area contributed by atoms with Gasteiger partial charge in [0.15, 0.2) is 6.23 Å². The summed E-state index contributed by atoms with van der Waals surface area (Å²) >= 11 is 0. The van der Waals surface area contributed by atoms with Crippen molar-refractivity contribution in [2.24, 2.45) is 0 Å². The summed E-state index contributed by atoms with van der Waals surface area (Å²) in [7, 11) is 0. The highest BCUT2D eigenvalue weighted by molar-refractivity contribution is 5.97. The second kappa shape index (κ2) is 4.37. The van der Waals surface area contributed by atoms with Crippen molar-refractivity contribution in [1.29, 1.82) is 0 Å². The van der Waals surface area contributed by atoms with E-state index in [0.29, 0.717) is 6.61 Å². The van der Waals surface area contributed by atoms with Gasteiger partial charge in [0.25, 0.3) is 0 Å². The minimum absolute atomic E-state index is 0.237. The number of hydrogen-bond acceptors (Lipinski definition) is 4. The van der Waals surface area contributed by atoms with Gasteiger partial charge in [-0.15, -0.1) is 0 Å². The van der Waals surface area contributed by atoms with E-state index < -0.39 is 12.2 Å². The molecule has 1 aliphatic rings. The summed E-state index contributed by atoms with van der Waals surface area (Å²) in [5.74, 6) is -0.489. The average Bonchev–Trinajstić information content (AvgIpc) is 2.28. The van der Waals surface area contributed by atoms with Crippen LogP contribution in [0.4, 0.5) is 5.69 Å². The van der Waals surface area contributed by atoms with Crippen LogP contribution in [-0.2, 0) is 9.53 Å². The van der Waals surface area contributed by atoms with Crippen LogP contribution in [0.1, 0.15) is 12.5 Å². The lowest BCUT2D eigenvalue weighted by Gasteiger charge is -2.22. The van der Waals surface area contributed by atoms with Crippen LogP contribution in [0.2, 0.25) is 0 Å². The van der Waals surface area contributed by atoms with Gasteiger partial charge in [-0.25, -0.2) is 4.79 Å². The van der Waals surface area contributed by atoms with E-state index in [1.807, 2.05) is 24.3 Å². The first kappa shape index (κ1) is 10.7. The van der Waals surface area contributed by atoms with Crippen molar-refractivity contribution in [3.63, 3.8) is 0 Å². The monoisotopic (exact) mass is 219 g/mol. The number of aliphatic hydroxyl groups excluding tert-OH is 1. The maximum absolute atomic E-state index is 11.5. The molecule has 0 saturated carbocycles. The van der Waals surface area contributed by atoms with E-state index in [9.17, 15) is 9.90 Å². The van der Waals surface area contributed by atoms with Crippen molar-refractivity contribution < 1.29 is 14.6 Å². The Kier molecular flexibility index (Phi) is 2.92. The molecule has 0 amide bonds. The lowest BCUT2D eigenvalue weighted by Crippen LogP contribution is -2.30. The van der Waals surface area contributed by atoms with Gasteiger partial charge in [-0.1, -0.05) is 18.2 Å². The largest absolute Gasteiger partial charge is 0.463 e. The average molecular weight is 219 g/mol. The molecule has 16 heavy (non-hydrogen) atoms. The molecular weight excluding hydrogens is 206 g/mol. The molecule has 4 heteroatoms. The van der Waals surface area contributed by atoms with E-state index in [2.05, 4.69) is 5.32 Å². The van der Waals surface area contributed by atoms with Gasteiger partial charge in [-0.3, -0.25) is 0 Å². The summed E-state index contributed by atoms with van der Waals surface area (Å²) in [5, 5.41) is 12.6. The molecule has 4 nitrogen and oxygen atoms in total. The van der Waals surface area contributed by atoms with Crippen molar-refractivity contribution in [3.05, 3.63) is 35.4 Å². The lowest BCUT2D eigenvalue weighted by molar-refractivity contribution is -0.139. The maximum atomic E-state index is 11.5. The molecule has 84 valence electrons. The number of carbonyl (C=O) groups excluding carboxylic acids is 1. The van der Waals surface area contributed by atoms with Crippen molar-refractivity contribution in [3.8, 4) is 0 Å². The van der Waals surface area contributed by atoms with Crippen LogP contribution < -0.4 is 5.32 Å². The molecule has 1 aromatic rings. The quantitative estimate of drug-likeness (QED) is 0.738. The minimum atomic E-state index is -1.01. The molecule has 0 aliphatic carbocycles. The number of aliphatic hydroxyl groups is 1. The minimum Gasteiger partial charge on any atom is -0.463 e. The van der Waals surface area contributed by atoms with Crippen molar-refractivity contribution in [2.45, 2.75) is 13.2 Å². The Hall–Kier alpha value is -1.81. The molecule has 0 aromatic heterocycles. The fourth-order valence-electron chi connectivity index (χ4n) is 1.61. The highest BCUT2D eigenvalue weighted by Crippen LogP contribution is 2.26. The second-order valence-corrected chi connectivity index (χ2v) is 3.45. The molecule has 0 saturated heterocycles. The van der Waals surface area contributed by atoms with Crippen LogP contribution in [-0.4, -0.2) is 23.9 Å². The number of para-hydroxylation sites is 1. The molecule has 0 bridgehead atoms. The summed E-state index contributed by atoms with van der Waals surface area (Å²) in [5.41, 5.74) is 1.92. The van der Waals surface area contributed by atoms with Crippen LogP contribution in [0.3, 0.4) is 0 Å².